The minimum atomic E-state index is -0.614. The van der Waals surface area contributed by atoms with E-state index in [4.69, 9.17) is 14.5 Å². The van der Waals surface area contributed by atoms with Crippen LogP contribution in [0, 0.1) is 0 Å². The van der Waals surface area contributed by atoms with E-state index in [0.717, 1.165) is 58.6 Å². The fraction of sp³-hybridized carbons (Fsp3) is 0.390. The van der Waals surface area contributed by atoms with Crippen molar-refractivity contribution in [2.45, 2.75) is 90.5 Å². The molecule has 0 saturated carbocycles. The Balaban J connectivity index is 1.06. The first-order chi connectivity index (χ1) is 24.7. The van der Waals surface area contributed by atoms with E-state index >= 15 is 0 Å². The van der Waals surface area contributed by atoms with Gasteiger partial charge in [0.2, 0.25) is 0 Å². The van der Waals surface area contributed by atoms with Gasteiger partial charge >= 0.3 is 12.2 Å². The minimum Gasteiger partial charge on any atom is -0.444 e. The molecule has 52 heavy (non-hydrogen) atoms. The minimum absolute atomic E-state index is 0.135. The number of nitrogens with zero attached hydrogens (tertiary/aromatic N) is 4. The van der Waals surface area contributed by atoms with Crippen LogP contribution < -0.4 is 5.56 Å². The number of aromatic amines is 2. The van der Waals surface area contributed by atoms with Gasteiger partial charge in [-0.25, -0.2) is 19.6 Å². The summed E-state index contributed by atoms with van der Waals surface area (Å²) in [5.74, 6) is 1.24. The van der Waals surface area contributed by atoms with Gasteiger partial charge in [-0.3, -0.25) is 14.6 Å². The van der Waals surface area contributed by atoms with Crippen LogP contribution in [0.4, 0.5) is 9.59 Å². The number of fused-ring (bicyclic) bond motifs is 1. The second kappa shape index (κ2) is 13.6. The first-order valence-electron chi connectivity index (χ1n) is 18.0. The molecule has 2 saturated heterocycles. The topological polar surface area (TPSA) is 134 Å². The molecule has 270 valence electrons. The number of H-pyrrole nitrogens is 2. The van der Waals surface area contributed by atoms with Gasteiger partial charge in [-0.05, 0) is 107 Å². The van der Waals surface area contributed by atoms with Gasteiger partial charge in [-0.15, -0.1) is 0 Å². The van der Waals surface area contributed by atoms with Gasteiger partial charge in [-0.1, -0.05) is 54.6 Å². The zero-order valence-electron chi connectivity index (χ0n) is 30.7. The quantitative estimate of drug-likeness (QED) is 0.187. The highest BCUT2D eigenvalue weighted by molar-refractivity contribution is 5.84. The first kappa shape index (κ1) is 35.0. The van der Waals surface area contributed by atoms with E-state index in [1.54, 1.807) is 15.9 Å². The van der Waals surface area contributed by atoms with Gasteiger partial charge in [0.25, 0.3) is 5.56 Å². The van der Waals surface area contributed by atoms with Crippen LogP contribution in [0.1, 0.15) is 91.0 Å². The Kier molecular flexibility index (Phi) is 9.14. The second-order valence-corrected chi connectivity index (χ2v) is 15.7. The van der Waals surface area contributed by atoms with Crippen LogP contribution in [0.2, 0.25) is 0 Å². The number of hydrogen-bond donors (Lipinski definition) is 2. The van der Waals surface area contributed by atoms with Gasteiger partial charge in [0, 0.05) is 13.1 Å². The predicted molar refractivity (Wildman–Crippen MR) is 201 cm³/mol. The molecule has 0 spiro atoms. The Morgan fingerprint density at radius 3 is 1.69 bits per heavy atom. The Hall–Kier alpha value is -5.45. The zero-order valence-corrected chi connectivity index (χ0v) is 30.7. The molecule has 2 amide bonds. The van der Waals surface area contributed by atoms with Crippen molar-refractivity contribution in [3.63, 3.8) is 0 Å². The summed E-state index contributed by atoms with van der Waals surface area (Å²) in [4.78, 5) is 58.1. The zero-order chi connectivity index (χ0) is 36.8. The van der Waals surface area contributed by atoms with Crippen molar-refractivity contribution in [3.05, 3.63) is 94.9 Å². The van der Waals surface area contributed by atoms with E-state index in [0.29, 0.717) is 36.2 Å². The molecule has 3 aromatic carbocycles. The van der Waals surface area contributed by atoms with Crippen LogP contribution in [-0.4, -0.2) is 66.2 Å². The number of amides is 2. The van der Waals surface area contributed by atoms with E-state index in [1.807, 2.05) is 59.9 Å². The van der Waals surface area contributed by atoms with Crippen molar-refractivity contribution in [1.82, 2.24) is 29.7 Å². The highest BCUT2D eigenvalue weighted by atomic mass is 16.6. The molecule has 11 nitrogen and oxygen atoms in total. The van der Waals surface area contributed by atoms with E-state index in [-0.39, 0.29) is 23.7 Å². The number of nitrogens with one attached hydrogen (secondary N) is 2. The number of imidazole rings is 1. The van der Waals surface area contributed by atoms with Gasteiger partial charge in [0.1, 0.15) is 22.9 Å². The molecule has 0 bridgehead atoms. The van der Waals surface area contributed by atoms with Crippen LogP contribution in [0.5, 0.6) is 0 Å². The molecule has 2 N–H and O–H groups in total. The molecule has 2 aliphatic rings. The lowest BCUT2D eigenvalue weighted by atomic mass is 9.98. The molecular weight excluding hydrogens is 656 g/mol. The summed E-state index contributed by atoms with van der Waals surface area (Å²) >= 11 is 0. The van der Waals surface area contributed by atoms with Crippen molar-refractivity contribution < 1.29 is 19.1 Å². The third kappa shape index (κ3) is 7.44. The number of rotatable bonds is 5. The molecule has 11 heteroatoms. The van der Waals surface area contributed by atoms with Crippen LogP contribution in [0.25, 0.3) is 44.4 Å². The van der Waals surface area contributed by atoms with Crippen molar-refractivity contribution in [1.29, 1.82) is 0 Å². The van der Waals surface area contributed by atoms with Gasteiger partial charge in [-0.2, -0.15) is 0 Å². The number of carbonyl (C=O) groups is 2. The first-order valence-corrected chi connectivity index (χ1v) is 18.0. The summed E-state index contributed by atoms with van der Waals surface area (Å²) in [5, 5.41) is 0.499. The number of carbonyl (C=O) groups excluding carboxylic acids is 2. The number of hydrogen-bond acceptors (Lipinski definition) is 7. The largest absolute Gasteiger partial charge is 0.444 e. The highest BCUT2D eigenvalue weighted by Gasteiger charge is 2.36. The molecule has 0 radical (unpaired) electrons. The summed E-state index contributed by atoms with van der Waals surface area (Å²) in [6.07, 6.45) is 4.37. The number of likely N-dealkylation sites (tertiary alicyclic amines) is 2. The standard InChI is InChI=1S/C41H46N6O5/c1-40(2,3)51-38(49)46-21-7-9-33(46)35-42-24-32(44-35)28-17-15-26(16-18-28)25-11-13-27(14-12-25)29-19-20-30-31(23-29)43-36(45-37(30)48)34-10-8-22-47(34)39(50)52-41(4,5)6/h11-20,23-24,33-34H,7-10,21-22H2,1-6H3,(H,42,44)(H,43,45,48)/t33-,34-/m0/s1. The van der Waals surface area contributed by atoms with E-state index in [1.165, 1.54) is 0 Å². The van der Waals surface area contributed by atoms with Crippen LogP contribution in [0.3, 0.4) is 0 Å². The summed E-state index contributed by atoms with van der Waals surface area (Å²) in [6, 6.07) is 21.8. The van der Waals surface area contributed by atoms with Gasteiger partial charge in [0.05, 0.1) is 34.9 Å². The van der Waals surface area contributed by atoms with Crippen LogP contribution >= 0.6 is 0 Å². The predicted octanol–water partition coefficient (Wildman–Crippen LogP) is 8.79. The summed E-state index contributed by atoms with van der Waals surface area (Å²) in [7, 11) is 0. The number of aromatic nitrogens is 4. The average molecular weight is 703 g/mol. The molecular formula is C41H46N6O5. The summed E-state index contributed by atoms with van der Waals surface area (Å²) in [6.45, 7) is 12.4. The third-order valence-electron chi connectivity index (χ3n) is 9.46. The molecule has 7 rings (SSSR count). The summed E-state index contributed by atoms with van der Waals surface area (Å²) in [5.41, 5.74) is 5.17. The number of benzene rings is 3. The van der Waals surface area contributed by atoms with E-state index in [2.05, 4.69) is 63.5 Å². The molecule has 2 aromatic heterocycles. The summed E-state index contributed by atoms with van der Waals surface area (Å²) < 4.78 is 11.3. The molecule has 0 aliphatic carbocycles. The molecule has 0 unspecified atom stereocenters. The van der Waals surface area contributed by atoms with Gasteiger partial charge < -0.3 is 19.4 Å². The Morgan fingerprint density at radius 2 is 1.15 bits per heavy atom. The van der Waals surface area contributed by atoms with Crippen molar-refractivity contribution in [2.24, 2.45) is 0 Å². The molecule has 2 aliphatic heterocycles. The lowest BCUT2D eigenvalue weighted by molar-refractivity contribution is 0.0208. The van der Waals surface area contributed by atoms with Gasteiger partial charge in [0.15, 0.2) is 0 Å². The molecule has 5 aromatic rings. The average Bonchev–Trinajstić information content (AvgIpc) is 3.88. The lowest BCUT2D eigenvalue weighted by Crippen LogP contribution is -2.37. The van der Waals surface area contributed by atoms with E-state index < -0.39 is 17.3 Å². The maximum Gasteiger partial charge on any atom is 0.410 e. The number of ether oxygens (including phenoxy) is 2. The Morgan fingerprint density at radius 1 is 0.673 bits per heavy atom. The Bertz CT molecular complexity index is 2160. The van der Waals surface area contributed by atoms with Crippen LogP contribution in [-0.2, 0) is 9.47 Å². The highest BCUT2D eigenvalue weighted by Crippen LogP contribution is 2.35. The molecule has 2 atom stereocenters. The second-order valence-electron chi connectivity index (χ2n) is 15.7. The van der Waals surface area contributed by atoms with Crippen molar-refractivity contribution in [2.75, 3.05) is 13.1 Å². The normalized spacial score (nSPS) is 17.9. The Labute approximate surface area is 303 Å². The maximum absolute atomic E-state index is 13.1. The molecule has 4 heterocycles. The van der Waals surface area contributed by atoms with E-state index in [9.17, 15) is 14.4 Å². The van der Waals surface area contributed by atoms with Crippen molar-refractivity contribution >= 4 is 23.1 Å². The fourth-order valence-electron chi connectivity index (χ4n) is 7.03. The maximum atomic E-state index is 13.1. The smallest absolute Gasteiger partial charge is 0.410 e. The third-order valence-corrected chi connectivity index (χ3v) is 9.46. The SMILES string of the molecule is CC(C)(C)OC(=O)N1CCC[C@H]1c1ncc(-c2ccc(-c3ccc(-c4ccc5c(=O)[nH]c([C@@H]6CCCN6C(=O)OC(C)(C)C)nc5c4)cc3)cc2)[nH]1. The lowest BCUT2D eigenvalue weighted by Gasteiger charge is -2.28. The fourth-order valence-corrected chi connectivity index (χ4v) is 7.03. The molecule has 2 fully saturated rings. The van der Waals surface area contributed by atoms with Crippen molar-refractivity contribution in [3.8, 4) is 33.5 Å². The monoisotopic (exact) mass is 702 g/mol. The van der Waals surface area contributed by atoms with Crippen LogP contribution in [0.15, 0.2) is 77.7 Å².